The summed E-state index contributed by atoms with van der Waals surface area (Å²) in [5.74, 6) is 1.75. The van der Waals surface area contributed by atoms with E-state index in [1.54, 1.807) is 0 Å². The Morgan fingerprint density at radius 3 is 1.47 bits per heavy atom. The number of benzene rings is 9. The van der Waals surface area contributed by atoms with Crippen LogP contribution in [-0.2, 0) is 0 Å². The van der Waals surface area contributed by atoms with Crippen molar-refractivity contribution in [2.45, 2.75) is 0 Å². The summed E-state index contributed by atoms with van der Waals surface area (Å²) in [6.45, 7) is 0. The summed E-state index contributed by atoms with van der Waals surface area (Å²) >= 11 is 1.82. The number of pyridine rings is 1. The van der Waals surface area contributed by atoms with Crippen LogP contribution in [0.1, 0.15) is 0 Å². The molecule has 0 atom stereocenters. The highest BCUT2D eigenvalue weighted by Gasteiger charge is 2.22. The van der Waals surface area contributed by atoms with Gasteiger partial charge >= 0.3 is 0 Å². The molecule has 68 heavy (non-hydrogen) atoms. The Labute approximate surface area is 397 Å². The van der Waals surface area contributed by atoms with Crippen molar-refractivity contribution < 1.29 is 0 Å². The first-order valence-corrected chi connectivity index (χ1v) is 23.6. The number of hydrogen-bond acceptors (Lipinski definition) is 5. The number of aromatic nitrogens is 5. The summed E-state index contributed by atoms with van der Waals surface area (Å²) in [5.41, 5.74) is 14.5. The van der Waals surface area contributed by atoms with Gasteiger partial charge in [0.25, 0.3) is 0 Å². The Morgan fingerprint density at radius 1 is 0.338 bits per heavy atom. The number of rotatable bonds is 8. The Kier molecular flexibility index (Phi) is 9.62. The van der Waals surface area contributed by atoms with Gasteiger partial charge in [0.1, 0.15) is 0 Å². The van der Waals surface area contributed by atoms with Crippen LogP contribution in [0.25, 0.3) is 126 Å². The van der Waals surface area contributed by atoms with Crippen LogP contribution >= 0.6 is 11.3 Å². The topological polar surface area (TPSA) is 56.5 Å². The zero-order chi connectivity index (χ0) is 45.0. The predicted octanol–water partition coefficient (Wildman–Crippen LogP) is 16.4. The van der Waals surface area contributed by atoms with E-state index >= 15 is 0 Å². The molecule has 318 valence electrons. The quantitative estimate of drug-likeness (QED) is 0.153. The summed E-state index contributed by atoms with van der Waals surface area (Å²) in [4.78, 5) is 21.0. The minimum absolute atomic E-state index is 0.551. The van der Waals surface area contributed by atoms with Crippen LogP contribution in [0, 0.1) is 0 Å². The van der Waals surface area contributed by atoms with E-state index in [2.05, 4.69) is 174 Å². The third-order valence-corrected chi connectivity index (χ3v) is 14.0. The molecule has 13 aromatic rings. The molecule has 0 unspecified atom stereocenters. The molecule has 0 aliphatic carbocycles. The largest absolute Gasteiger partial charge is 0.309 e. The summed E-state index contributed by atoms with van der Waals surface area (Å²) < 4.78 is 4.84. The van der Waals surface area contributed by atoms with Crippen LogP contribution in [0.5, 0.6) is 0 Å². The maximum Gasteiger partial charge on any atom is 0.166 e. The standard InChI is InChI=1S/C62H39N5S/c1-6-18-40(19-7-1)45-34-46(41-20-8-2-9-21-41)36-47(35-45)48-37-53(62-65-60(42-22-10-3-11-23-42)64-61(66-62)43-24-12-4-13-25-43)58(63-39-48)44-30-31-52-56(38-44)68-55-33-32-51-50-28-16-17-29-54(50)67(59(51)57(52)55)49-26-14-5-15-27-49/h1-39H. The molecule has 4 heterocycles. The molecule has 9 aromatic carbocycles. The Hall–Kier alpha value is -8.84. The summed E-state index contributed by atoms with van der Waals surface area (Å²) in [6, 6.07) is 81.3. The summed E-state index contributed by atoms with van der Waals surface area (Å²) in [6.07, 6.45) is 2.01. The normalized spacial score (nSPS) is 11.5. The van der Waals surface area contributed by atoms with Crippen LogP contribution in [-0.4, -0.2) is 24.5 Å². The lowest BCUT2D eigenvalue weighted by atomic mass is 9.92. The second-order valence-electron chi connectivity index (χ2n) is 17.0. The first kappa shape index (κ1) is 39.5. The van der Waals surface area contributed by atoms with E-state index in [1.165, 1.54) is 42.0 Å². The molecule has 0 saturated heterocycles. The molecule has 0 saturated carbocycles. The van der Waals surface area contributed by atoms with Crippen molar-refractivity contribution in [1.82, 2.24) is 24.5 Å². The average Bonchev–Trinajstić information content (AvgIpc) is 3.97. The summed E-state index contributed by atoms with van der Waals surface area (Å²) in [7, 11) is 0. The predicted molar refractivity (Wildman–Crippen MR) is 283 cm³/mol. The fourth-order valence-corrected chi connectivity index (χ4v) is 10.8. The van der Waals surface area contributed by atoms with Crippen LogP contribution < -0.4 is 0 Å². The van der Waals surface area contributed by atoms with E-state index in [9.17, 15) is 0 Å². The molecule has 0 fully saturated rings. The molecule has 0 radical (unpaired) electrons. The number of thiophene rings is 1. The fourth-order valence-electron chi connectivity index (χ4n) is 9.65. The molecule has 0 amide bonds. The first-order valence-electron chi connectivity index (χ1n) is 22.8. The van der Waals surface area contributed by atoms with Crippen molar-refractivity contribution in [3.8, 4) is 84.5 Å². The van der Waals surface area contributed by atoms with Gasteiger partial charge in [-0.3, -0.25) is 4.98 Å². The molecule has 0 aliphatic rings. The lowest BCUT2D eigenvalue weighted by molar-refractivity contribution is 1.07. The van der Waals surface area contributed by atoms with Gasteiger partial charge in [-0.25, -0.2) is 15.0 Å². The third-order valence-electron chi connectivity index (χ3n) is 12.9. The number of hydrogen-bond donors (Lipinski definition) is 0. The molecule has 0 bridgehead atoms. The number of nitrogens with zero attached hydrogens (tertiary/aromatic N) is 5. The molecule has 0 N–H and O–H groups in total. The summed E-state index contributed by atoms with van der Waals surface area (Å²) in [5, 5.41) is 4.94. The Bertz CT molecular complexity index is 3880. The second kappa shape index (κ2) is 16.5. The third kappa shape index (κ3) is 6.94. The average molecular weight is 886 g/mol. The second-order valence-corrected chi connectivity index (χ2v) is 18.1. The molecular weight excluding hydrogens is 847 g/mol. The van der Waals surface area contributed by atoms with E-state index in [0.717, 1.165) is 67.0 Å². The molecule has 0 spiro atoms. The van der Waals surface area contributed by atoms with Gasteiger partial charge in [-0.15, -0.1) is 11.3 Å². The van der Waals surface area contributed by atoms with Crippen molar-refractivity contribution in [1.29, 1.82) is 0 Å². The molecule has 4 aromatic heterocycles. The van der Waals surface area contributed by atoms with Crippen molar-refractivity contribution in [3.05, 3.63) is 237 Å². The van der Waals surface area contributed by atoms with Crippen LogP contribution in [0.3, 0.4) is 0 Å². The maximum absolute atomic E-state index is 5.40. The Balaban J connectivity index is 1.05. The van der Waals surface area contributed by atoms with Gasteiger partial charge in [0.15, 0.2) is 17.5 Å². The van der Waals surface area contributed by atoms with Gasteiger partial charge in [0.2, 0.25) is 0 Å². The molecule has 6 heteroatoms. The first-order chi connectivity index (χ1) is 33.7. The zero-order valence-electron chi connectivity index (χ0n) is 36.7. The monoisotopic (exact) mass is 885 g/mol. The van der Waals surface area contributed by atoms with Crippen LogP contribution in [0.2, 0.25) is 0 Å². The lowest BCUT2D eigenvalue weighted by Crippen LogP contribution is -2.02. The molecule has 5 nitrogen and oxygen atoms in total. The van der Waals surface area contributed by atoms with E-state index in [0.29, 0.717) is 17.5 Å². The van der Waals surface area contributed by atoms with Gasteiger partial charge in [0.05, 0.1) is 16.7 Å². The molecule has 13 rings (SSSR count). The van der Waals surface area contributed by atoms with Gasteiger partial charge < -0.3 is 4.57 Å². The van der Waals surface area contributed by atoms with E-state index in [-0.39, 0.29) is 0 Å². The van der Waals surface area contributed by atoms with Gasteiger partial charge in [-0.05, 0) is 82.4 Å². The highest BCUT2D eigenvalue weighted by molar-refractivity contribution is 7.26. The number of fused-ring (bicyclic) bond motifs is 7. The number of para-hydroxylation sites is 2. The molecular formula is C62H39N5S. The van der Waals surface area contributed by atoms with Crippen molar-refractivity contribution in [2.24, 2.45) is 0 Å². The van der Waals surface area contributed by atoms with E-state index < -0.39 is 0 Å². The van der Waals surface area contributed by atoms with Crippen molar-refractivity contribution in [2.75, 3.05) is 0 Å². The van der Waals surface area contributed by atoms with Gasteiger partial charge in [0, 0.05) is 70.6 Å². The highest BCUT2D eigenvalue weighted by atomic mass is 32.1. The van der Waals surface area contributed by atoms with Crippen molar-refractivity contribution in [3.63, 3.8) is 0 Å². The maximum atomic E-state index is 5.40. The SMILES string of the molecule is c1ccc(-c2cc(-c3ccccc3)cc(-c3cnc(-c4ccc5c(c4)sc4ccc6c7ccccc7n(-c7ccccc7)c6c45)c(-c4nc(-c5ccccc5)nc(-c5ccccc5)n4)c3)c2)cc1. The lowest BCUT2D eigenvalue weighted by Gasteiger charge is -2.15. The van der Waals surface area contributed by atoms with Gasteiger partial charge in [-0.1, -0.05) is 176 Å². The minimum Gasteiger partial charge on any atom is -0.309 e. The fraction of sp³-hybridized carbons (Fsp3) is 0. The minimum atomic E-state index is 0.551. The van der Waals surface area contributed by atoms with Crippen molar-refractivity contribution >= 4 is 53.3 Å². The smallest absolute Gasteiger partial charge is 0.166 e. The zero-order valence-corrected chi connectivity index (χ0v) is 37.5. The Morgan fingerprint density at radius 2 is 0.853 bits per heavy atom. The van der Waals surface area contributed by atoms with E-state index in [1.807, 2.05) is 78.2 Å². The highest BCUT2D eigenvalue weighted by Crippen LogP contribution is 2.45. The van der Waals surface area contributed by atoms with E-state index in [4.69, 9.17) is 19.9 Å². The van der Waals surface area contributed by atoms with Crippen LogP contribution in [0.4, 0.5) is 0 Å². The van der Waals surface area contributed by atoms with Crippen LogP contribution in [0.15, 0.2) is 237 Å². The molecule has 0 aliphatic heterocycles. The van der Waals surface area contributed by atoms with Gasteiger partial charge in [-0.2, -0.15) is 0 Å².